The molecule has 39 heavy (non-hydrogen) atoms. The van der Waals surface area contributed by atoms with E-state index >= 15 is 0 Å². The Morgan fingerprint density at radius 3 is 2.28 bits per heavy atom. The summed E-state index contributed by atoms with van der Waals surface area (Å²) in [6.45, 7) is 4.46. The number of ether oxygens (including phenoxy) is 1. The normalized spacial score (nSPS) is 17.5. The summed E-state index contributed by atoms with van der Waals surface area (Å²) in [5.74, 6) is -2.64. The summed E-state index contributed by atoms with van der Waals surface area (Å²) >= 11 is 0. The highest BCUT2D eigenvalue weighted by Gasteiger charge is 2.36. The number of carbonyl (C=O) groups is 2. The van der Waals surface area contributed by atoms with Crippen molar-refractivity contribution >= 4 is 33.6 Å². The van der Waals surface area contributed by atoms with Crippen LogP contribution in [0.1, 0.15) is 51.5 Å². The fraction of sp³-hybridized carbons (Fsp3) is 0.448. The maximum Gasteiger partial charge on any atom is 0.249 e. The number of anilines is 1. The maximum absolute atomic E-state index is 13.7. The lowest BCUT2D eigenvalue weighted by Gasteiger charge is -2.30. The largest absolute Gasteiger partial charge is 0.350 e. The van der Waals surface area contributed by atoms with Gasteiger partial charge in [-0.25, -0.2) is 18.7 Å². The number of benzene rings is 2. The third-order valence-electron chi connectivity index (χ3n) is 6.35. The molecule has 1 saturated heterocycles. The Hall–Kier alpha value is -3.21. The Bertz CT molecular complexity index is 1180. The van der Waals surface area contributed by atoms with Crippen LogP contribution in [0.15, 0.2) is 66.7 Å². The Morgan fingerprint density at radius 1 is 1.03 bits per heavy atom. The topological polar surface area (TPSA) is 114 Å². The zero-order valence-electron chi connectivity index (χ0n) is 22.8. The number of allylic oxidation sites excluding steroid dienone is 1. The molecule has 212 valence electrons. The molecule has 3 rings (SSSR count). The van der Waals surface area contributed by atoms with Gasteiger partial charge in [-0.05, 0) is 49.3 Å². The van der Waals surface area contributed by atoms with Crippen LogP contribution in [0, 0.1) is 17.8 Å². The number of amides is 2. The second-order valence-corrected chi connectivity index (χ2v) is 11.9. The van der Waals surface area contributed by atoms with E-state index in [1.165, 1.54) is 0 Å². The van der Waals surface area contributed by atoms with Crippen molar-refractivity contribution in [2.75, 3.05) is 17.3 Å². The lowest BCUT2D eigenvalue weighted by molar-refractivity contribution is -0.203. The molecule has 0 spiro atoms. The molecule has 3 atom stereocenters. The molecule has 2 aromatic carbocycles. The first-order valence-electron chi connectivity index (χ1n) is 13.3. The number of nitrogens with zero attached hydrogens (tertiary/aromatic N) is 1. The SMILES string of the molecule is CC(C)CC(C(=O)NN(c1ccccc1)S(C)(=O)=O)[C@@H](CC=Cc1ccccc1)C(=O)NO[C@H]1CCCCO1. The second-order valence-electron chi connectivity index (χ2n) is 10.1. The molecular weight excluding hydrogens is 518 g/mol. The maximum atomic E-state index is 13.7. The Balaban J connectivity index is 1.86. The summed E-state index contributed by atoms with van der Waals surface area (Å²) in [6.07, 6.45) is 7.35. The van der Waals surface area contributed by atoms with Crippen LogP contribution in [-0.4, -0.2) is 39.4 Å². The van der Waals surface area contributed by atoms with E-state index < -0.39 is 40.0 Å². The number of rotatable bonds is 13. The fourth-order valence-corrected chi connectivity index (χ4v) is 5.18. The average Bonchev–Trinajstić information content (AvgIpc) is 2.92. The number of hydrogen-bond acceptors (Lipinski definition) is 6. The van der Waals surface area contributed by atoms with E-state index in [0.29, 0.717) is 25.1 Å². The number of para-hydroxylation sites is 1. The van der Waals surface area contributed by atoms with Gasteiger partial charge in [0.2, 0.25) is 21.8 Å². The van der Waals surface area contributed by atoms with Gasteiger partial charge < -0.3 is 4.74 Å². The molecule has 2 amide bonds. The molecule has 0 bridgehead atoms. The van der Waals surface area contributed by atoms with Gasteiger partial charge in [-0.1, -0.05) is 74.5 Å². The van der Waals surface area contributed by atoms with Crippen LogP contribution in [0.5, 0.6) is 0 Å². The third kappa shape index (κ3) is 9.80. The molecule has 1 fully saturated rings. The Kier molecular flexibility index (Phi) is 11.5. The van der Waals surface area contributed by atoms with E-state index in [4.69, 9.17) is 9.57 Å². The summed E-state index contributed by atoms with van der Waals surface area (Å²) < 4.78 is 31.6. The average molecular weight is 558 g/mol. The first-order valence-corrected chi connectivity index (χ1v) is 15.1. The highest BCUT2D eigenvalue weighted by atomic mass is 32.2. The van der Waals surface area contributed by atoms with Gasteiger partial charge in [0.15, 0.2) is 6.29 Å². The van der Waals surface area contributed by atoms with E-state index in [0.717, 1.165) is 29.1 Å². The van der Waals surface area contributed by atoms with Gasteiger partial charge in [0.25, 0.3) is 0 Å². The lowest BCUT2D eigenvalue weighted by atomic mass is 9.82. The molecule has 0 aliphatic carbocycles. The Morgan fingerprint density at radius 2 is 1.69 bits per heavy atom. The minimum Gasteiger partial charge on any atom is -0.350 e. The monoisotopic (exact) mass is 557 g/mol. The fourth-order valence-electron chi connectivity index (χ4n) is 4.42. The molecular formula is C29H39N3O6S. The number of hydroxylamine groups is 1. The van der Waals surface area contributed by atoms with Crippen molar-refractivity contribution in [3.05, 3.63) is 72.3 Å². The first kappa shape index (κ1) is 30.3. The van der Waals surface area contributed by atoms with Gasteiger partial charge in [-0.2, -0.15) is 4.41 Å². The number of hydrazine groups is 1. The van der Waals surface area contributed by atoms with Crippen LogP contribution in [0.3, 0.4) is 0 Å². The van der Waals surface area contributed by atoms with Crippen molar-refractivity contribution in [3.8, 4) is 0 Å². The number of hydrogen-bond donors (Lipinski definition) is 2. The Labute approximate surface area is 231 Å². The lowest BCUT2D eigenvalue weighted by Crippen LogP contribution is -2.51. The molecule has 0 saturated carbocycles. The van der Waals surface area contributed by atoms with Crippen LogP contribution >= 0.6 is 0 Å². The quantitative estimate of drug-likeness (QED) is 0.352. The molecule has 1 aliphatic rings. The second kappa shape index (κ2) is 14.8. The summed E-state index contributed by atoms with van der Waals surface area (Å²) in [7, 11) is -3.85. The predicted octanol–water partition coefficient (Wildman–Crippen LogP) is 4.44. The van der Waals surface area contributed by atoms with Crippen LogP contribution in [-0.2, 0) is 29.2 Å². The molecule has 9 nitrogen and oxygen atoms in total. The van der Waals surface area contributed by atoms with Gasteiger partial charge in [0, 0.05) is 13.0 Å². The summed E-state index contributed by atoms with van der Waals surface area (Å²) in [6, 6.07) is 17.9. The summed E-state index contributed by atoms with van der Waals surface area (Å²) in [4.78, 5) is 32.7. The van der Waals surface area contributed by atoms with E-state index in [2.05, 4.69) is 10.9 Å². The van der Waals surface area contributed by atoms with Crippen molar-refractivity contribution in [1.29, 1.82) is 0 Å². The molecule has 0 radical (unpaired) electrons. The first-order chi connectivity index (χ1) is 18.6. The number of sulfonamides is 1. The number of nitrogens with one attached hydrogen (secondary N) is 2. The van der Waals surface area contributed by atoms with Gasteiger partial charge in [-0.15, -0.1) is 0 Å². The van der Waals surface area contributed by atoms with Crippen molar-refractivity contribution in [2.24, 2.45) is 17.8 Å². The van der Waals surface area contributed by atoms with Gasteiger partial charge in [0.1, 0.15) is 0 Å². The van der Waals surface area contributed by atoms with Gasteiger partial charge >= 0.3 is 0 Å². The van der Waals surface area contributed by atoms with Crippen LogP contribution in [0.4, 0.5) is 5.69 Å². The van der Waals surface area contributed by atoms with Crippen molar-refractivity contribution in [2.45, 2.75) is 52.2 Å². The van der Waals surface area contributed by atoms with Crippen LogP contribution in [0.25, 0.3) is 6.08 Å². The predicted molar refractivity (Wildman–Crippen MR) is 151 cm³/mol. The van der Waals surface area contributed by atoms with Crippen LogP contribution in [0.2, 0.25) is 0 Å². The highest BCUT2D eigenvalue weighted by molar-refractivity contribution is 7.92. The van der Waals surface area contributed by atoms with E-state index in [1.54, 1.807) is 30.3 Å². The van der Waals surface area contributed by atoms with E-state index in [9.17, 15) is 18.0 Å². The molecule has 10 heteroatoms. The molecule has 0 aromatic heterocycles. The standard InChI is InChI=1S/C29H39N3O6S/c1-22(2)21-26(28(33)30-32(39(3,35)36)24-16-8-5-9-17-24)25(18-12-15-23-13-6-4-7-14-23)29(34)31-38-27-19-10-11-20-37-27/h4-9,12-17,22,25-27H,10-11,18-21H2,1-3H3,(H,30,33)(H,31,34)/t25-,26?,27+/m1/s1. The van der Waals surface area contributed by atoms with Crippen molar-refractivity contribution < 1.29 is 27.6 Å². The summed E-state index contributed by atoms with van der Waals surface area (Å²) in [5, 5.41) is 0. The number of carbonyl (C=O) groups excluding carboxylic acids is 2. The third-order valence-corrected chi connectivity index (χ3v) is 7.31. The van der Waals surface area contributed by atoms with E-state index in [-0.39, 0.29) is 12.3 Å². The molecule has 1 aliphatic heterocycles. The van der Waals surface area contributed by atoms with Crippen molar-refractivity contribution in [1.82, 2.24) is 10.9 Å². The highest BCUT2D eigenvalue weighted by Crippen LogP contribution is 2.27. The van der Waals surface area contributed by atoms with Crippen molar-refractivity contribution in [3.63, 3.8) is 0 Å². The molecule has 2 aromatic rings. The molecule has 1 unspecified atom stereocenters. The minimum absolute atomic E-state index is 0.0557. The smallest absolute Gasteiger partial charge is 0.249 e. The van der Waals surface area contributed by atoms with Gasteiger partial charge in [0.05, 0.1) is 23.8 Å². The van der Waals surface area contributed by atoms with Gasteiger partial charge in [-0.3, -0.25) is 15.0 Å². The molecule has 1 heterocycles. The molecule has 2 N–H and O–H groups in total. The zero-order valence-corrected chi connectivity index (χ0v) is 23.6. The minimum atomic E-state index is -3.85. The van der Waals surface area contributed by atoms with Crippen LogP contribution < -0.4 is 15.3 Å². The summed E-state index contributed by atoms with van der Waals surface area (Å²) in [5.41, 5.74) is 6.33. The van der Waals surface area contributed by atoms with E-state index in [1.807, 2.05) is 56.3 Å². The zero-order chi connectivity index (χ0) is 28.3.